The SMILES string of the molecule is CC(C)[Si](Nc1ccccc1-c1coc2ccccc12)(C(C)C)C(C)C. The second-order valence-corrected chi connectivity index (χ2v) is 13.8. The van der Waals surface area contributed by atoms with Crippen LogP contribution >= 0.6 is 0 Å². The van der Waals surface area contributed by atoms with E-state index in [0.29, 0.717) is 16.6 Å². The zero-order valence-corrected chi connectivity index (χ0v) is 17.8. The molecule has 2 nitrogen and oxygen atoms in total. The van der Waals surface area contributed by atoms with Gasteiger partial charge in [-0.2, -0.15) is 0 Å². The van der Waals surface area contributed by atoms with Gasteiger partial charge in [-0.15, -0.1) is 0 Å². The fourth-order valence-corrected chi connectivity index (χ4v) is 10.2. The van der Waals surface area contributed by atoms with E-state index in [1.807, 2.05) is 18.4 Å². The molecular weight excluding hydrogens is 334 g/mol. The lowest BCUT2D eigenvalue weighted by molar-refractivity contribution is 0.617. The van der Waals surface area contributed by atoms with Crippen molar-refractivity contribution >= 4 is 24.9 Å². The van der Waals surface area contributed by atoms with Gasteiger partial charge < -0.3 is 9.40 Å². The summed E-state index contributed by atoms with van der Waals surface area (Å²) in [5.41, 5.74) is 6.53. The molecule has 0 amide bonds. The van der Waals surface area contributed by atoms with E-state index in [1.165, 1.54) is 22.2 Å². The molecule has 0 fully saturated rings. The molecule has 26 heavy (non-hydrogen) atoms. The number of hydrogen-bond acceptors (Lipinski definition) is 2. The second kappa shape index (κ2) is 7.32. The van der Waals surface area contributed by atoms with Gasteiger partial charge in [0.1, 0.15) is 5.58 Å². The molecule has 3 aromatic rings. The van der Waals surface area contributed by atoms with Crippen molar-refractivity contribution in [3.05, 3.63) is 54.8 Å². The van der Waals surface area contributed by atoms with Crippen LogP contribution in [0.2, 0.25) is 16.6 Å². The maximum absolute atomic E-state index is 5.81. The van der Waals surface area contributed by atoms with E-state index in [4.69, 9.17) is 4.42 Å². The molecule has 0 spiro atoms. The Morgan fingerprint density at radius 2 is 1.31 bits per heavy atom. The van der Waals surface area contributed by atoms with Gasteiger partial charge >= 0.3 is 0 Å². The van der Waals surface area contributed by atoms with Crippen LogP contribution in [0.4, 0.5) is 5.69 Å². The van der Waals surface area contributed by atoms with Gasteiger partial charge in [-0.1, -0.05) is 77.9 Å². The molecule has 0 aliphatic rings. The lowest BCUT2D eigenvalue weighted by atomic mass is 10.0. The standard InChI is InChI=1S/C23H31NOSi/c1-16(2)26(17(3)4,18(5)6)24-22-13-9-7-11-19(22)21-15-25-23-14-10-8-12-20(21)23/h7-18,24H,1-6H3. The first kappa shape index (κ1) is 18.8. The van der Waals surface area contributed by atoms with Crippen LogP contribution in [0.15, 0.2) is 59.2 Å². The summed E-state index contributed by atoms with van der Waals surface area (Å²) in [5.74, 6) is 0. The Bertz CT molecular complexity index is 857. The van der Waals surface area contributed by atoms with Crippen LogP contribution in [0.25, 0.3) is 22.1 Å². The number of benzene rings is 2. The molecule has 3 rings (SSSR count). The normalized spacial score (nSPS) is 12.5. The zero-order chi connectivity index (χ0) is 18.9. The number of furan rings is 1. The Hall–Kier alpha value is -2.00. The third kappa shape index (κ3) is 3.09. The largest absolute Gasteiger partial charge is 0.464 e. The van der Waals surface area contributed by atoms with Crippen molar-refractivity contribution in [1.82, 2.24) is 0 Å². The van der Waals surface area contributed by atoms with Crippen molar-refractivity contribution in [3.8, 4) is 11.1 Å². The van der Waals surface area contributed by atoms with Crippen LogP contribution in [0.5, 0.6) is 0 Å². The molecule has 0 saturated carbocycles. The van der Waals surface area contributed by atoms with Crippen molar-refractivity contribution < 1.29 is 4.42 Å². The summed E-state index contributed by atoms with van der Waals surface area (Å²) in [6, 6.07) is 17.0. The van der Waals surface area contributed by atoms with Crippen molar-refractivity contribution in [2.24, 2.45) is 0 Å². The Labute approximate surface area is 158 Å². The quantitative estimate of drug-likeness (QED) is 0.453. The predicted molar refractivity (Wildman–Crippen MR) is 116 cm³/mol. The first-order valence-electron chi connectivity index (χ1n) is 9.71. The maximum atomic E-state index is 5.81. The van der Waals surface area contributed by atoms with Crippen LogP contribution < -0.4 is 4.98 Å². The Morgan fingerprint density at radius 3 is 1.96 bits per heavy atom. The van der Waals surface area contributed by atoms with Crippen LogP contribution in [0.1, 0.15) is 41.5 Å². The molecule has 0 saturated heterocycles. The third-order valence-corrected chi connectivity index (χ3v) is 12.3. The van der Waals surface area contributed by atoms with Gasteiger partial charge in [0, 0.05) is 22.2 Å². The minimum Gasteiger partial charge on any atom is -0.464 e. The zero-order valence-electron chi connectivity index (χ0n) is 16.8. The molecule has 0 unspecified atom stereocenters. The van der Waals surface area contributed by atoms with Gasteiger partial charge in [-0.3, -0.25) is 0 Å². The summed E-state index contributed by atoms with van der Waals surface area (Å²) < 4.78 is 5.81. The molecule has 2 aromatic carbocycles. The van der Waals surface area contributed by atoms with Crippen molar-refractivity contribution in [2.45, 2.75) is 58.2 Å². The highest BCUT2D eigenvalue weighted by atomic mass is 28.3. The van der Waals surface area contributed by atoms with E-state index in [0.717, 1.165) is 5.58 Å². The van der Waals surface area contributed by atoms with E-state index in [9.17, 15) is 0 Å². The fraction of sp³-hybridized carbons (Fsp3) is 0.391. The fourth-order valence-electron chi connectivity index (χ4n) is 4.68. The molecule has 0 aliphatic heterocycles. The summed E-state index contributed by atoms with van der Waals surface area (Å²) in [6.45, 7) is 14.3. The second-order valence-electron chi connectivity index (χ2n) is 8.21. The molecule has 0 aliphatic carbocycles. The molecule has 1 aromatic heterocycles. The van der Waals surface area contributed by atoms with Gasteiger partial charge in [-0.25, -0.2) is 0 Å². The number of fused-ring (bicyclic) bond motifs is 1. The molecule has 138 valence electrons. The van der Waals surface area contributed by atoms with Gasteiger partial charge in [0.05, 0.1) is 6.26 Å². The molecular formula is C23H31NOSi. The van der Waals surface area contributed by atoms with Gasteiger partial charge in [0.15, 0.2) is 8.24 Å². The van der Waals surface area contributed by atoms with Crippen LogP contribution in [0.3, 0.4) is 0 Å². The Morgan fingerprint density at radius 1 is 0.731 bits per heavy atom. The summed E-state index contributed by atoms with van der Waals surface area (Å²) in [4.78, 5) is 4.11. The topological polar surface area (TPSA) is 25.2 Å². The summed E-state index contributed by atoms with van der Waals surface area (Å²) in [5, 5.41) is 1.17. The number of nitrogens with one attached hydrogen (secondary N) is 1. The predicted octanol–water partition coefficient (Wildman–Crippen LogP) is 7.69. The minimum absolute atomic E-state index is 0.650. The maximum Gasteiger partial charge on any atom is 0.161 e. The monoisotopic (exact) mass is 365 g/mol. The van der Waals surface area contributed by atoms with E-state index in [-0.39, 0.29) is 0 Å². The van der Waals surface area contributed by atoms with Gasteiger partial charge in [-0.05, 0) is 28.8 Å². The smallest absolute Gasteiger partial charge is 0.161 e. The number of anilines is 1. The minimum atomic E-state index is -1.76. The molecule has 0 bridgehead atoms. The van der Waals surface area contributed by atoms with E-state index >= 15 is 0 Å². The molecule has 1 heterocycles. The number of para-hydroxylation sites is 2. The van der Waals surface area contributed by atoms with E-state index < -0.39 is 8.24 Å². The molecule has 1 N–H and O–H groups in total. The molecule has 0 atom stereocenters. The van der Waals surface area contributed by atoms with E-state index in [2.05, 4.69) is 82.9 Å². The third-order valence-electron chi connectivity index (χ3n) is 5.92. The lowest BCUT2D eigenvalue weighted by Gasteiger charge is -2.44. The average Bonchev–Trinajstić information content (AvgIpc) is 3.03. The summed E-state index contributed by atoms with van der Waals surface area (Å²) in [7, 11) is -1.76. The van der Waals surface area contributed by atoms with Crippen molar-refractivity contribution in [3.63, 3.8) is 0 Å². The lowest BCUT2D eigenvalue weighted by Crippen LogP contribution is -2.52. The van der Waals surface area contributed by atoms with E-state index in [1.54, 1.807) is 0 Å². The van der Waals surface area contributed by atoms with Crippen molar-refractivity contribution in [2.75, 3.05) is 4.98 Å². The van der Waals surface area contributed by atoms with Crippen LogP contribution in [-0.2, 0) is 0 Å². The molecule has 0 radical (unpaired) electrons. The number of hydrogen-bond donors (Lipinski definition) is 1. The number of rotatable bonds is 6. The Kier molecular flexibility index (Phi) is 5.28. The van der Waals surface area contributed by atoms with Crippen LogP contribution in [0, 0.1) is 0 Å². The summed E-state index contributed by atoms with van der Waals surface area (Å²) in [6.07, 6.45) is 1.90. The highest BCUT2D eigenvalue weighted by molar-refractivity contribution is 6.86. The first-order chi connectivity index (χ1) is 12.4. The summed E-state index contributed by atoms with van der Waals surface area (Å²) >= 11 is 0. The Balaban J connectivity index is 2.13. The van der Waals surface area contributed by atoms with Crippen molar-refractivity contribution in [1.29, 1.82) is 0 Å². The molecule has 3 heteroatoms. The van der Waals surface area contributed by atoms with Gasteiger partial charge in [0.2, 0.25) is 0 Å². The average molecular weight is 366 g/mol. The highest BCUT2D eigenvalue weighted by Gasteiger charge is 2.43. The van der Waals surface area contributed by atoms with Crippen LogP contribution in [-0.4, -0.2) is 8.24 Å². The highest BCUT2D eigenvalue weighted by Crippen LogP contribution is 2.44. The van der Waals surface area contributed by atoms with Gasteiger partial charge in [0.25, 0.3) is 0 Å². The first-order valence-corrected chi connectivity index (χ1v) is 11.9.